The first-order valence-electron chi connectivity index (χ1n) is 5.63. The molecule has 0 spiro atoms. The van der Waals surface area contributed by atoms with Crippen LogP contribution in [0.2, 0.25) is 0 Å². The minimum Gasteiger partial charge on any atom is -0.496 e. The van der Waals surface area contributed by atoms with Crippen molar-refractivity contribution >= 4 is 24.3 Å². The van der Waals surface area contributed by atoms with Crippen LogP contribution in [0, 0.1) is 0 Å². The van der Waals surface area contributed by atoms with Gasteiger partial charge >= 0.3 is 7.12 Å². The van der Waals surface area contributed by atoms with Gasteiger partial charge < -0.3 is 14.8 Å². The number of methoxy groups -OCH3 is 1. The van der Waals surface area contributed by atoms with Crippen LogP contribution < -0.4 is 10.2 Å². The average Bonchev–Trinajstić information content (AvgIpc) is 2.45. The second kappa shape index (κ2) is 6.56. The minimum absolute atomic E-state index is 0.436. The first-order valence-corrected chi connectivity index (χ1v) is 6.62. The van der Waals surface area contributed by atoms with E-state index in [4.69, 9.17) is 4.74 Å². The Morgan fingerprint density at radius 2 is 2.00 bits per heavy atom. The fourth-order valence-electron chi connectivity index (χ4n) is 1.57. The van der Waals surface area contributed by atoms with Gasteiger partial charge in [0.1, 0.15) is 5.75 Å². The van der Waals surface area contributed by atoms with Crippen LogP contribution >= 0.6 is 11.8 Å². The summed E-state index contributed by atoms with van der Waals surface area (Å²) in [6.45, 7) is 0. The van der Waals surface area contributed by atoms with Crippen LogP contribution in [0.4, 0.5) is 0 Å². The predicted octanol–water partition coefficient (Wildman–Crippen LogP) is 0.457. The van der Waals surface area contributed by atoms with E-state index in [1.165, 1.54) is 11.8 Å². The van der Waals surface area contributed by atoms with Crippen LogP contribution in [-0.4, -0.2) is 34.2 Å². The summed E-state index contributed by atoms with van der Waals surface area (Å²) in [5.74, 6) is 1.29. The Bertz CT molecular complexity index is 540. The van der Waals surface area contributed by atoms with Crippen LogP contribution in [0.3, 0.4) is 0 Å². The number of hydrogen-bond donors (Lipinski definition) is 2. The predicted molar refractivity (Wildman–Crippen MR) is 74.4 cm³/mol. The molecule has 0 fully saturated rings. The van der Waals surface area contributed by atoms with Crippen LogP contribution in [-0.2, 0) is 5.75 Å². The smallest absolute Gasteiger partial charge is 0.488 e. The summed E-state index contributed by atoms with van der Waals surface area (Å²) in [7, 11) is 0.0972. The van der Waals surface area contributed by atoms with Crippen LogP contribution in [0.25, 0.3) is 0 Å². The summed E-state index contributed by atoms with van der Waals surface area (Å²) in [5, 5.41) is 19.0. The third-order valence-corrected chi connectivity index (χ3v) is 3.43. The van der Waals surface area contributed by atoms with Crippen molar-refractivity contribution in [2.75, 3.05) is 7.11 Å². The number of hydrogen-bond acceptors (Lipinski definition) is 6. The molecule has 7 heteroatoms. The zero-order chi connectivity index (χ0) is 13.7. The van der Waals surface area contributed by atoms with Gasteiger partial charge in [0, 0.05) is 23.7 Å². The fraction of sp³-hybridized carbons (Fsp3) is 0.167. The number of ether oxygens (including phenoxy) is 1. The van der Waals surface area contributed by atoms with Gasteiger partial charge in [0.05, 0.1) is 7.11 Å². The Morgan fingerprint density at radius 1 is 1.26 bits per heavy atom. The normalized spacial score (nSPS) is 10.3. The molecule has 0 aliphatic rings. The SMILES string of the molecule is COc1ccc(B(O)O)cc1CSc1ncccn1. The molecule has 5 nitrogen and oxygen atoms in total. The van der Waals surface area contributed by atoms with Gasteiger partial charge in [-0.15, -0.1) is 0 Å². The van der Waals surface area contributed by atoms with E-state index < -0.39 is 7.12 Å². The van der Waals surface area contributed by atoms with Crippen molar-refractivity contribution in [3.8, 4) is 5.75 Å². The summed E-state index contributed by atoms with van der Waals surface area (Å²) in [5.41, 5.74) is 1.30. The van der Waals surface area contributed by atoms with Crippen molar-refractivity contribution in [3.63, 3.8) is 0 Å². The molecule has 0 amide bonds. The molecule has 1 aromatic carbocycles. The molecule has 1 aromatic heterocycles. The van der Waals surface area contributed by atoms with E-state index in [0.717, 1.165) is 5.56 Å². The molecule has 0 bridgehead atoms. The Labute approximate surface area is 115 Å². The highest BCUT2D eigenvalue weighted by molar-refractivity contribution is 7.98. The standard InChI is InChI=1S/C12H13BN2O3S/c1-18-11-4-3-10(13(16)17)7-9(11)8-19-12-14-5-2-6-15-12/h2-7,16-17H,8H2,1H3. The number of benzene rings is 1. The molecule has 0 unspecified atom stereocenters. The molecular weight excluding hydrogens is 263 g/mol. The van der Waals surface area contributed by atoms with E-state index in [0.29, 0.717) is 22.1 Å². The van der Waals surface area contributed by atoms with Gasteiger partial charge in [0.25, 0.3) is 0 Å². The molecule has 2 rings (SSSR count). The molecule has 98 valence electrons. The molecule has 2 N–H and O–H groups in total. The van der Waals surface area contributed by atoms with Crippen LogP contribution in [0.5, 0.6) is 5.75 Å². The summed E-state index contributed by atoms with van der Waals surface area (Å²) >= 11 is 1.46. The molecule has 2 aromatic rings. The maximum absolute atomic E-state index is 9.18. The largest absolute Gasteiger partial charge is 0.496 e. The van der Waals surface area contributed by atoms with Crippen molar-refractivity contribution in [3.05, 3.63) is 42.2 Å². The maximum atomic E-state index is 9.18. The Hall–Kier alpha value is -1.57. The number of thioether (sulfide) groups is 1. The summed E-state index contributed by atoms with van der Waals surface area (Å²) < 4.78 is 5.25. The number of aromatic nitrogens is 2. The molecule has 0 aliphatic carbocycles. The lowest BCUT2D eigenvalue weighted by Crippen LogP contribution is -2.30. The lowest BCUT2D eigenvalue weighted by atomic mass is 9.79. The van der Waals surface area contributed by atoms with E-state index in [9.17, 15) is 10.0 Å². The highest BCUT2D eigenvalue weighted by Crippen LogP contribution is 2.25. The molecule has 1 heterocycles. The lowest BCUT2D eigenvalue weighted by Gasteiger charge is -2.10. The van der Waals surface area contributed by atoms with E-state index in [2.05, 4.69) is 9.97 Å². The molecule has 0 saturated heterocycles. The van der Waals surface area contributed by atoms with E-state index in [-0.39, 0.29) is 0 Å². The van der Waals surface area contributed by atoms with Crippen molar-refractivity contribution in [1.82, 2.24) is 9.97 Å². The Morgan fingerprint density at radius 3 is 2.63 bits per heavy atom. The maximum Gasteiger partial charge on any atom is 0.488 e. The molecule has 0 saturated carbocycles. The van der Waals surface area contributed by atoms with Crippen LogP contribution in [0.15, 0.2) is 41.8 Å². The van der Waals surface area contributed by atoms with Gasteiger partial charge in [-0.2, -0.15) is 0 Å². The Balaban J connectivity index is 2.16. The topological polar surface area (TPSA) is 75.5 Å². The van der Waals surface area contributed by atoms with Crippen molar-refractivity contribution in [2.45, 2.75) is 10.9 Å². The zero-order valence-corrected chi connectivity index (χ0v) is 11.2. The quantitative estimate of drug-likeness (QED) is 0.469. The molecule has 0 atom stereocenters. The second-order valence-corrected chi connectivity index (χ2v) is 4.71. The number of nitrogens with zero attached hydrogens (tertiary/aromatic N) is 2. The lowest BCUT2D eigenvalue weighted by molar-refractivity contribution is 0.410. The van der Waals surface area contributed by atoms with Gasteiger partial charge in [0.2, 0.25) is 0 Å². The van der Waals surface area contributed by atoms with E-state index in [1.54, 1.807) is 43.8 Å². The van der Waals surface area contributed by atoms with Crippen LogP contribution in [0.1, 0.15) is 5.56 Å². The van der Waals surface area contributed by atoms with Crippen molar-refractivity contribution in [2.24, 2.45) is 0 Å². The first kappa shape index (κ1) is 13.9. The van der Waals surface area contributed by atoms with Crippen molar-refractivity contribution < 1.29 is 14.8 Å². The first-order chi connectivity index (χ1) is 9.20. The van der Waals surface area contributed by atoms with Gasteiger partial charge in [-0.3, -0.25) is 0 Å². The highest BCUT2D eigenvalue weighted by Gasteiger charge is 2.14. The third-order valence-electron chi connectivity index (χ3n) is 2.50. The van der Waals surface area contributed by atoms with Gasteiger partial charge in [-0.05, 0) is 17.6 Å². The third kappa shape index (κ3) is 3.70. The summed E-state index contributed by atoms with van der Waals surface area (Å²) in [4.78, 5) is 8.24. The second-order valence-electron chi connectivity index (χ2n) is 3.76. The molecular formula is C12H13BN2O3S. The zero-order valence-electron chi connectivity index (χ0n) is 10.4. The van der Waals surface area contributed by atoms with Gasteiger partial charge in [-0.25, -0.2) is 9.97 Å². The minimum atomic E-state index is -1.48. The van der Waals surface area contributed by atoms with Gasteiger partial charge in [0.15, 0.2) is 5.16 Å². The highest BCUT2D eigenvalue weighted by atomic mass is 32.2. The van der Waals surface area contributed by atoms with E-state index >= 15 is 0 Å². The van der Waals surface area contributed by atoms with Gasteiger partial charge in [-0.1, -0.05) is 23.9 Å². The average molecular weight is 276 g/mol. The monoisotopic (exact) mass is 276 g/mol. The molecule has 19 heavy (non-hydrogen) atoms. The fourth-order valence-corrected chi connectivity index (χ4v) is 2.36. The molecule has 0 aliphatic heterocycles. The van der Waals surface area contributed by atoms with E-state index in [1.807, 2.05) is 0 Å². The summed E-state index contributed by atoms with van der Waals surface area (Å²) in [6.07, 6.45) is 3.36. The Kier molecular flexibility index (Phi) is 4.78. The number of rotatable bonds is 5. The molecule has 0 radical (unpaired) electrons. The van der Waals surface area contributed by atoms with Crippen molar-refractivity contribution in [1.29, 1.82) is 0 Å². The summed E-state index contributed by atoms with van der Waals surface area (Å²) in [6, 6.07) is 6.81.